The van der Waals surface area contributed by atoms with Gasteiger partial charge in [-0.3, -0.25) is 4.98 Å². The van der Waals surface area contributed by atoms with E-state index in [1.807, 2.05) is 18.2 Å². The van der Waals surface area contributed by atoms with Gasteiger partial charge in [0, 0.05) is 11.1 Å². The molecule has 3 aromatic rings. The SMILES string of the molecule is Nc1cnccc1SCc1nnc(-c2ccc(Br)s2)o1. The second-order valence-corrected chi connectivity index (χ2v) is 7.29. The summed E-state index contributed by atoms with van der Waals surface area (Å²) >= 11 is 6.51. The first kappa shape index (κ1) is 13.6. The third-order valence-corrected chi connectivity index (χ3v) is 5.10. The van der Waals surface area contributed by atoms with Crippen molar-refractivity contribution in [3.05, 3.63) is 40.3 Å². The average Bonchev–Trinajstić information content (AvgIpc) is 3.06. The predicted octanol–water partition coefficient (Wildman–Crippen LogP) is 3.83. The number of rotatable bonds is 4. The molecule has 2 N–H and O–H groups in total. The van der Waals surface area contributed by atoms with Gasteiger partial charge < -0.3 is 10.2 Å². The summed E-state index contributed by atoms with van der Waals surface area (Å²) < 4.78 is 6.67. The molecule has 0 fully saturated rings. The number of anilines is 1. The molecule has 0 aliphatic rings. The normalized spacial score (nSPS) is 10.8. The molecule has 0 atom stereocenters. The number of thiophene rings is 1. The Kier molecular flexibility index (Phi) is 4.04. The third-order valence-electron chi connectivity index (χ3n) is 2.41. The summed E-state index contributed by atoms with van der Waals surface area (Å²) in [6.45, 7) is 0. The Morgan fingerprint density at radius 1 is 1.30 bits per heavy atom. The zero-order chi connectivity index (χ0) is 13.9. The lowest BCUT2D eigenvalue weighted by atomic mass is 10.4. The second-order valence-electron chi connectivity index (χ2n) is 3.81. The molecule has 0 bridgehead atoms. The molecule has 3 rings (SSSR count). The van der Waals surface area contributed by atoms with Crippen LogP contribution in [-0.4, -0.2) is 15.2 Å². The quantitative estimate of drug-likeness (QED) is 0.705. The van der Waals surface area contributed by atoms with E-state index < -0.39 is 0 Å². The van der Waals surface area contributed by atoms with Crippen LogP contribution in [0.3, 0.4) is 0 Å². The molecule has 0 aromatic carbocycles. The van der Waals surface area contributed by atoms with Crippen molar-refractivity contribution < 1.29 is 4.42 Å². The van der Waals surface area contributed by atoms with Crippen LogP contribution in [-0.2, 0) is 5.75 Å². The summed E-state index contributed by atoms with van der Waals surface area (Å²) in [5.74, 6) is 1.69. The van der Waals surface area contributed by atoms with Crippen LogP contribution >= 0.6 is 39.0 Å². The number of hydrogen-bond donors (Lipinski definition) is 1. The monoisotopic (exact) mass is 368 g/mol. The Hall–Kier alpha value is -1.38. The lowest BCUT2D eigenvalue weighted by Crippen LogP contribution is -1.89. The van der Waals surface area contributed by atoms with E-state index in [-0.39, 0.29) is 0 Å². The van der Waals surface area contributed by atoms with Gasteiger partial charge in [0.15, 0.2) is 0 Å². The topological polar surface area (TPSA) is 77.8 Å². The molecule has 0 spiro atoms. The highest BCUT2D eigenvalue weighted by molar-refractivity contribution is 9.11. The molecular formula is C12H9BrN4OS2. The summed E-state index contributed by atoms with van der Waals surface area (Å²) in [5.41, 5.74) is 6.48. The molecule has 3 heterocycles. The molecule has 8 heteroatoms. The van der Waals surface area contributed by atoms with Gasteiger partial charge >= 0.3 is 0 Å². The summed E-state index contributed by atoms with van der Waals surface area (Å²) in [7, 11) is 0. The molecule has 0 aliphatic carbocycles. The van der Waals surface area contributed by atoms with Crippen LogP contribution in [0.15, 0.2) is 43.7 Å². The molecule has 5 nitrogen and oxygen atoms in total. The van der Waals surface area contributed by atoms with Gasteiger partial charge in [0.05, 0.1) is 26.3 Å². The lowest BCUT2D eigenvalue weighted by Gasteiger charge is -2.01. The second kappa shape index (κ2) is 5.94. The van der Waals surface area contributed by atoms with Crippen LogP contribution in [0, 0.1) is 0 Å². The van der Waals surface area contributed by atoms with Crippen molar-refractivity contribution in [2.45, 2.75) is 10.6 Å². The first-order valence-electron chi connectivity index (χ1n) is 5.63. The fraction of sp³-hybridized carbons (Fsp3) is 0.0833. The van der Waals surface area contributed by atoms with E-state index in [2.05, 4.69) is 31.1 Å². The number of halogens is 1. The molecule has 0 aliphatic heterocycles. The fourth-order valence-corrected chi connectivity index (χ4v) is 3.59. The zero-order valence-electron chi connectivity index (χ0n) is 10.1. The van der Waals surface area contributed by atoms with Crippen molar-refractivity contribution in [2.24, 2.45) is 0 Å². The first-order valence-corrected chi connectivity index (χ1v) is 8.22. The molecule has 102 valence electrons. The van der Waals surface area contributed by atoms with E-state index in [1.165, 1.54) is 0 Å². The van der Waals surface area contributed by atoms with Crippen molar-refractivity contribution in [1.82, 2.24) is 15.2 Å². The van der Waals surface area contributed by atoms with Crippen LogP contribution in [0.5, 0.6) is 0 Å². The molecule has 0 radical (unpaired) electrons. The number of thioether (sulfide) groups is 1. The van der Waals surface area contributed by atoms with Crippen LogP contribution < -0.4 is 5.73 Å². The Morgan fingerprint density at radius 2 is 2.20 bits per heavy atom. The summed E-state index contributed by atoms with van der Waals surface area (Å²) in [4.78, 5) is 5.86. The van der Waals surface area contributed by atoms with E-state index in [0.717, 1.165) is 13.6 Å². The van der Waals surface area contributed by atoms with E-state index >= 15 is 0 Å². The lowest BCUT2D eigenvalue weighted by molar-refractivity contribution is 0.529. The minimum atomic E-state index is 0.541. The minimum absolute atomic E-state index is 0.541. The van der Waals surface area contributed by atoms with Gasteiger partial charge in [0.1, 0.15) is 0 Å². The van der Waals surface area contributed by atoms with Crippen molar-refractivity contribution in [1.29, 1.82) is 0 Å². The smallest absolute Gasteiger partial charge is 0.257 e. The van der Waals surface area contributed by atoms with Crippen molar-refractivity contribution in [2.75, 3.05) is 5.73 Å². The number of nitrogens with two attached hydrogens (primary N) is 1. The molecule has 3 aromatic heterocycles. The number of nitrogen functional groups attached to an aromatic ring is 1. The Labute approximate surface area is 131 Å². The van der Waals surface area contributed by atoms with Gasteiger partial charge in [-0.1, -0.05) is 0 Å². The summed E-state index contributed by atoms with van der Waals surface area (Å²) in [6.07, 6.45) is 3.34. The van der Waals surface area contributed by atoms with E-state index in [1.54, 1.807) is 35.5 Å². The van der Waals surface area contributed by atoms with E-state index in [4.69, 9.17) is 10.2 Å². The van der Waals surface area contributed by atoms with Gasteiger partial charge in [-0.25, -0.2) is 0 Å². The highest BCUT2D eigenvalue weighted by Crippen LogP contribution is 2.32. The largest absolute Gasteiger partial charge is 0.419 e. The maximum Gasteiger partial charge on any atom is 0.257 e. The van der Waals surface area contributed by atoms with Gasteiger partial charge in [-0.2, -0.15) is 0 Å². The molecule has 20 heavy (non-hydrogen) atoms. The molecule has 0 saturated heterocycles. The number of pyridine rings is 1. The molecular weight excluding hydrogens is 360 g/mol. The maximum absolute atomic E-state index is 5.83. The highest BCUT2D eigenvalue weighted by atomic mass is 79.9. The Morgan fingerprint density at radius 3 is 2.95 bits per heavy atom. The molecule has 0 amide bonds. The van der Waals surface area contributed by atoms with Crippen LogP contribution in [0.25, 0.3) is 10.8 Å². The maximum atomic E-state index is 5.83. The number of nitrogens with zero attached hydrogens (tertiary/aromatic N) is 3. The molecule has 0 saturated carbocycles. The average molecular weight is 369 g/mol. The zero-order valence-corrected chi connectivity index (χ0v) is 13.3. The Bertz CT molecular complexity index is 728. The van der Waals surface area contributed by atoms with E-state index in [0.29, 0.717) is 23.2 Å². The number of hydrogen-bond acceptors (Lipinski definition) is 7. The number of aromatic nitrogens is 3. The van der Waals surface area contributed by atoms with Crippen LogP contribution in [0.4, 0.5) is 5.69 Å². The third kappa shape index (κ3) is 3.02. The summed E-state index contributed by atoms with van der Waals surface area (Å²) in [6, 6.07) is 5.77. The minimum Gasteiger partial charge on any atom is -0.419 e. The van der Waals surface area contributed by atoms with Gasteiger partial charge in [-0.05, 0) is 34.1 Å². The van der Waals surface area contributed by atoms with E-state index in [9.17, 15) is 0 Å². The highest BCUT2D eigenvalue weighted by Gasteiger charge is 2.11. The van der Waals surface area contributed by atoms with Crippen LogP contribution in [0.2, 0.25) is 0 Å². The van der Waals surface area contributed by atoms with Gasteiger partial charge in [0.25, 0.3) is 5.89 Å². The van der Waals surface area contributed by atoms with Gasteiger partial charge in [-0.15, -0.1) is 33.3 Å². The predicted molar refractivity (Wildman–Crippen MR) is 83.5 cm³/mol. The Balaban J connectivity index is 1.70. The first-order chi connectivity index (χ1) is 9.72. The fourth-order valence-electron chi connectivity index (χ4n) is 1.51. The van der Waals surface area contributed by atoms with Crippen LogP contribution in [0.1, 0.15) is 5.89 Å². The van der Waals surface area contributed by atoms with Crippen molar-refractivity contribution in [3.63, 3.8) is 0 Å². The van der Waals surface area contributed by atoms with Crippen molar-refractivity contribution in [3.8, 4) is 10.8 Å². The van der Waals surface area contributed by atoms with Crippen molar-refractivity contribution >= 4 is 44.7 Å². The van der Waals surface area contributed by atoms with Gasteiger partial charge in [0.2, 0.25) is 5.89 Å². The summed E-state index contributed by atoms with van der Waals surface area (Å²) in [5, 5.41) is 8.09. The molecule has 0 unspecified atom stereocenters. The standard InChI is InChI=1S/C12H9BrN4OS2/c13-10-2-1-9(20-10)12-17-16-11(18-12)6-19-8-3-4-15-5-7(8)14/h1-5H,6,14H2.